The highest BCUT2D eigenvalue weighted by atomic mass is 16.5. The van der Waals surface area contributed by atoms with E-state index in [0.29, 0.717) is 45.9 Å². The Labute approximate surface area is 160 Å². The Bertz CT molecular complexity index is 665. The lowest BCUT2D eigenvalue weighted by molar-refractivity contribution is -0.141. The summed E-state index contributed by atoms with van der Waals surface area (Å²) in [6.07, 6.45) is 0. The van der Waals surface area contributed by atoms with Crippen molar-refractivity contribution in [1.29, 1.82) is 0 Å². The van der Waals surface area contributed by atoms with Crippen molar-refractivity contribution in [3.05, 3.63) is 29.3 Å². The number of morpholine rings is 1. The smallest absolute Gasteiger partial charge is 0.260 e. The largest absolute Gasteiger partial charge is 0.483 e. The quantitative estimate of drug-likeness (QED) is 0.758. The predicted octanol–water partition coefficient (Wildman–Crippen LogP) is 0.685. The van der Waals surface area contributed by atoms with Crippen LogP contribution < -0.4 is 4.74 Å². The van der Waals surface area contributed by atoms with Gasteiger partial charge in [0.25, 0.3) is 5.91 Å². The summed E-state index contributed by atoms with van der Waals surface area (Å²) in [5, 5.41) is 0. The summed E-state index contributed by atoms with van der Waals surface area (Å²) in [5.74, 6) is 0.856. The number of carbonyl (C=O) groups is 2. The number of amides is 2. The fraction of sp³-hybridized carbons (Fsp3) is 0.600. The number of rotatable bonds is 5. The summed E-state index contributed by atoms with van der Waals surface area (Å²) in [5.41, 5.74) is 2.13. The standard InChI is InChI=1S/C20H29N3O4/c1-16-3-4-17(2)18(13-16)27-15-20(25)23-7-5-22(6-8-23)19(24)14-21-9-11-26-12-10-21/h3-4,13H,5-12,14-15H2,1-2H3. The van der Waals surface area contributed by atoms with Crippen LogP contribution in [0.2, 0.25) is 0 Å². The first-order valence-corrected chi connectivity index (χ1v) is 9.58. The molecule has 2 aliphatic heterocycles. The van der Waals surface area contributed by atoms with E-state index in [1.165, 1.54) is 0 Å². The van der Waals surface area contributed by atoms with E-state index >= 15 is 0 Å². The van der Waals surface area contributed by atoms with Crippen molar-refractivity contribution < 1.29 is 19.1 Å². The lowest BCUT2D eigenvalue weighted by Gasteiger charge is -2.36. The van der Waals surface area contributed by atoms with Crippen molar-refractivity contribution in [2.45, 2.75) is 13.8 Å². The molecule has 0 radical (unpaired) electrons. The number of carbonyl (C=O) groups excluding carboxylic acids is 2. The summed E-state index contributed by atoms with van der Waals surface area (Å²) in [6, 6.07) is 5.97. The molecule has 0 aromatic heterocycles. The molecule has 0 saturated carbocycles. The summed E-state index contributed by atoms with van der Waals surface area (Å²) in [6.45, 7) is 9.72. The highest BCUT2D eigenvalue weighted by Crippen LogP contribution is 2.19. The molecular formula is C20H29N3O4. The SMILES string of the molecule is Cc1ccc(C)c(OCC(=O)N2CCN(C(=O)CN3CCOCC3)CC2)c1. The molecule has 2 amide bonds. The van der Waals surface area contributed by atoms with E-state index in [1.54, 1.807) is 4.90 Å². The average Bonchev–Trinajstić information content (AvgIpc) is 2.69. The molecule has 2 saturated heterocycles. The number of piperazine rings is 1. The Hall–Kier alpha value is -2.12. The molecule has 0 spiro atoms. The van der Waals surface area contributed by atoms with Gasteiger partial charge in [-0.25, -0.2) is 0 Å². The molecule has 0 unspecified atom stereocenters. The monoisotopic (exact) mass is 375 g/mol. The second kappa shape index (κ2) is 9.19. The molecule has 0 bridgehead atoms. The topological polar surface area (TPSA) is 62.3 Å². The van der Waals surface area contributed by atoms with E-state index in [9.17, 15) is 9.59 Å². The second-order valence-corrected chi connectivity index (χ2v) is 7.21. The summed E-state index contributed by atoms with van der Waals surface area (Å²) in [4.78, 5) is 30.6. The van der Waals surface area contributed by atoms with Gasteiger partial charge in [0.2, 0.25) is 5.91 Å². The zero-order valence-corrected chi connectivity index (χ0v) is 16.3. The van der Waals surface area contributed by atoms with Crippen LogP contribution in [0.1, 0.15) is 11.1 Å². The lowest BCUT2D eigenvalue weighted by Crippen LogP contribution is -2.54. The predicted molar refractivity (Wildman–Crippen MR) is 102 cm³/mol. The molecule has 0 aliphatic carbocycles. The van der Waals surface area contributed by atoms with Gasteiger partial charge < -0.3 is 19.3 Å². The zero-order chi connectivity index (χ0) is 19.2. The third kappa shape index (κ3) is 5.43. The number of aryl methyl sites for hydroxylation is 2. The van der Waals surface area contributed by atoms with E-state index in [-0.39, 0.29) is 18.4 Å². The van der Waals surface area contributed by atoms with Crippen LogP contribution in [0.3, 0.4) is 0 Å². The maximum Gasteiger partial charge on any atom is 0.260 e. The first-order valence-electron chi connectivity index (χ1n) is 9.58. The van der Waals surface area contributed by atoms with Crippen molar-refractivity contribution in [2.75, 3.05) is 65.6 Å². The first kappa shape index (κ1) is 19.6. The van der Waals surface area contributed by atoms with E-state index in [0.717, 1.165) is 30.0 Å². The van der Waals surface area contributed by atoms with Crippen LogP contribution in [-0.2, 0) is 14.3 Å². The molecule has 27 heavy (non-hydrogen) atoms. The van der Waals surface area contributed by atoms with Crippen LogP contribution in [0.15, 0.2) is 18.2 Å². The van der Waals surface area contributed by atoms with Crippen molar-refractivity contribution in [3.8, 4) is 5.75 Å². The Morgan fingerprint density at radius 3 is 2.26 bits per heavy atom. The van der Waals surface area contributed by atoms with Gasteiger partial charge in [-0.2, -0.15) is 0 Å². The second-order valence-electron chi connectivity index (χ2n) is 7.21. The fourth-order valence-electron chi connectivity index (χ4n) is 3.35. The van der Waals surface area contributed by atoms with E-state index in [1.807, 2.05) is 36.9 Å². The normalized spacial score (nSPS) is 18.4. The van der Waals surface area contributed by atoms with Crippen LogP contribution in [-0.4, -0.2) is 92.1 Å². The third-order valence-electron chi connectivity index (χ3n) is 5.14. The van der Waals surface area contributed by atoms with E-state index < -0.39 is 0 Å². The number of benzene rings is 1. The Morgan fingerprint density at radius 2 is 1.59 bits per heavy atom. The van der Waals surface area contributed by atoms with Gasteiger partial charge in [0.15, 0.2) is 6.61 Å². The van der Waals surface area contributed by atoms with Crippen LogP contribution in [0.5, 0.6) is 5.75 Å². The number of nitrogens with zero attached hydrogens (tertiary/aromatic N) is 3. The molecule has 0 atom stereocenters. The molecule has 1 aromatic rings. The van der Waals surface area contributed by atoms with Gasteiger partial charge in [-0.3, -0.25) is 14.5 Å². The average molecular weight is 375 g/mol. The van der Waals surface area contributed by atoms with Crippen LogP contribution in [0.4, 0.5) is 0 Å². The van der Waals surface area contributed by atoms with Gasteiger partial charge in [-0.15, -0.1) is 0 Å². The zero-order valence-electron chi connectivity index (χ0n) is 16.3. The molecule has 2 aliphatic rings. The molecule has 148 valence electrons. The van der Waals surface area contributed by atoms with Gasteiger partial charge >= 0.3 is 0 Å². The highest BCUT2D eigenvalue weighted by molar-refractivity contribution is 5.80. The van der Waals surface area contributed by atoms with Gasteiger partial charge in [0.1, 0.15) is 5.75 Å². The molecule has 7 nitrogen and oxygen atoms in total. The van der Waals surface area contributed by atoms with Gasteiger partial charge in [0, 0.05) is 39.3 Å². The minimum Gasteiger partial charge on any atom is -0.483 e. The van der Waals surface area contributed by atoms with Crippen molar-refractivity contribution in [2.24, 2.45) is 0 Å². The summed E-state index contributed by atoms with van der Waals surface area (Å²) < 4.78 is 11.0. The van der Waals surface area contributed by atoms with Gasteiger partial charge in [0.05, 0.1) is 19.8 Å². The molecule has 1 aromatic carbocycles. The third-order valence-corrected chi connectivity index (χ3v) is 5.14. The Balaban J connectivity index is 1.42. The fourth-order valence-corrected chi connectivity index (χ4v) is 3.35. The van der Waals surface area contributed by atoms with Crippen molar-refractivity contribution in [3.63, 3.8) is 0 Å². The van der Waals surface area contributed by atoms with Gasteiger partial charge in [-0.1, -0.05) is 12.1 Å². The minimum absolute atomic E-state index is 0.0313. The number of hydrogen-bond donors (Lipinski definition) is 0. The number of ether oxygens (including phenoxy) is 2. The van der Waals surface area contributed by atoms with Crippen molar-refractivity contribution >= 4 is 11.8 Å². The number of hydrogen-bond acceptors (Lipinski definition) is 5. The van der Waals surface area contributed by atoms with Crippen LogP contribution >= 0.6 is 0 Å². The lowest BCUT2D eigenvalue weighted by atomic mass is 10.1. The summed E-state index contributed by atoms with van der Waals surface area (Å²) >= 11 is 0. The molecule has 2 fully saturated rings. The van der Waals surface area contributed by atoms with E-state index in [4.69, 9.17) is 9.47 Å². The Morgan fingerprint density at radius 1 is 0.963 bits per heavy atom. The molecule has 2 heterocycles. The molecule has 3 rings (SSSR count). The highest BCUT2D eigenvalue weighted by Gasteiger charge is 2.25. The maximum absolute atomic E-state index is 12.4. The first-order chi connectivity index (χ1) is 13.0. The maximum atomic E-state index is 12.4. The Kier molecular flexibility index (Phi) is 6.68. The molecule has 0 N–H and O–H groups in total. The summed E-state index contributed by atoms with van der Waals surface area (Å²) in [7, 11) is 0. The molecule has 7 heteroatoms. The van der Waals surface area contributed by atoms with E-state index in [2.05, 4.69) is 4.90 Å². The van der Waals surface area contributed by atoms with Crippen LogP contribution in [0, 0.1) is 13.8 Å². The van der Waals surface area contributed by atoms with Crippen molar-refractivity contribution in [1.82, 2.24) is 14.7 Å². The van der Waals surface area contributed by atoms with Gasteiger partial charge in [-0.05, 0) is 31.0 Å². The minimum atomic E-state index is -0.0313. The molecular weight excluding hydrogens is 346 g/mol. The van der Waals surface area contributed by atoms with Crippen LogP contribution in [0.25, 0.3) is 0 Å².